The zero-order chi connectivity index (χ0) is 18.4. The quantitative estimate of drug-likeness (QED) is 0.419. The molecule has 8 heteroatoms. The van der Waals surface area contributed by atoms with E-state index in [2.05, 4.69) is 16.0 Å². The van der Waals surface area contributed by atoms with Crippen LogP contribution in [0.4, 0.5) is 16.2 Å². The highest BCUT2D eigenvalue weighted by molar-refractivity contribution is 5.74. The van der Waals surface area contributed by atoms with Crippen LogP contribution in [0.2, 0.25) is 0 Å². The molecule has 3 rings (SSSR count). The van der Waals surface area contributed by atoms with E-state index in [0.29, 0.717) is 31.8 Å². The molecule has 1 aliphatic heterocycles. The molecule has 2 amide bonds. The van der Waals surface area contributed by atoms with Gasteiger partial charge in [0.2, 0.25) is 0 Å². The van der Waals surface area contributed by atoms with Gasteiger partial charge in [0.15, 0.2) is 0 Å². The molecule has 0 bridgehead atoms. The molecule has 0 saturated heterocycles. The number of nitro benzene ring substituents is 1. The SMILES string of the molecule is O=C(NCCNc1ccccc1[N+](=O)[O-])N[C@H]1CCOc2ccccc21. The van der Waals surface area contributed by atoms with Gasteiger partial charge in [-0.1, -0.05) is 30.3 Å². The fourth-order valence-corrected chi connectivity index (χ4v) is 2.86. The van der Waals surface area contributed by atoms with Crippen LogP contribution in [0.15, 0.2) is 48.5 Å². The molecule has 0 saturated carbocycles. The second kappa shape index (κ2) is 8.19. The van der Waals surface area contributed by atoms with Gasteiger partial charge in [0.1, 0.15) is 11.4 Å². The summed E-state index contributed by atoms with van der Waals surface area (Å²) < 4.78 is 5.58. The van der Waals surface area contributed by atoms with Crippen molar-refractivity contribution < 1.29 is 14.5 Å². The third-order valence-corrected chi connectivity index (χ3v) is 4.09. The highest BCUT2D eigenvalue weighted by Gasteiger charge is 2.22. The van der Waals surface area contributed by atoms with Crippen LogP contribution >= 0.6 is 0 Å². The van der Waals surface area contributed by atoms with Gasteiger partial charge in [0.25, 0.3) is 5.69 Å². The molecule has 1 heterocycles. The van der Waals surface area contributed by atoms with E-state index in [9.17, 15) is 14.9 Å². The van der Waals surface area contributed by atoms with Gasteiger partial charge >= 0.3 is 6.03 Å². The molecule has 0 radical (unpaired) electrons. The number of nitrogens with zero attached hydrogens (tertiary/aromatic N) is 1. The molecule has 0 spiro atoms. The number of nitro groups is 1. The van der Waals surface area contributed by atoms with Crippen molar-refractivity contribution in [2.45, 2.75) is 12.5 Å². The summed E-state index contributed by atoms with van der Waals surface area (Å²) in [6, 6.07) is 13.7. The molecular weight excluding hydrogens is 336 g/mol. The van der Waals surface area contributed by atoms with Gasteiger partial charge in [0, 0.05) is 31.1 Å². The Balaban J connectivity index is 1.47. The van der Waals surface area contributed by atoms with Crippen molar-refractivity contribution in [1.29, 1.82) is 0 Å². The molecule has 1 aliphatic rings. The number of carbonyl (C=O) groups is 1. The molecule has 1 atom stereocenters. The predicted octanol–water partition coefficient (Wildman–Crippen LogP) is 2.83. The number of fused-ring (bicyclic) bond motifs is 1. The van der Waals surface area contributed by atoms with Gasteiger partial charge < -0.3 is 20.7 Å². The summed E-state index contributed by atoms with van der Waals surface area (Å²) in [5, 5.41) is 19.6. The summed E-state index contributed by atoms with van der Waals surface area (Å²) in [6.07, 6.45) is 0.707. The van der Waals surface area contributed by atoms with Crippen LogP contribution in [-0.2, 0) is 0 Å². The summed E-state index contributed by atoms with van der Waals surface area (Å²) >= 11 is 0. The Morgan fingerprint density at radius 1 is 1.15 bits per heavy atom. The van der Waals surface area contributed by atoms with Crippen LogP contribution in [0.25, 0.3) is 0 Å². The van der Waals surface area contributed by atoms with Gasteiger partial charge in [-0.3, -0.25) is 10.1 Å². The molecule has 26 heavy (non-hydrogen) atoms. The fraction of sp³-hybridized carbons (Fsp3) is 0.278. The Hall–Kier alpha value is -3.29. The summed E-state index contributed by atoms with van der Waals surface area (Å²) in [7, 11) is 0. The number of hydrogen-bond donors (Lipinski definition) is 3. The second-order valence-corrected chi connectivity index (χ2v) is 5.83. The first-order chi connectivity index (χ1) is 12.6. The Labute approximate surface area is 150 Å². The van der Waals surface area contributed by atoms with Crippen molar-refractivity contribution in [2.75, 3.05) is 25.0 Å². The Kier molecular flexibility index (Phi) is 5.52. The number of urea groups is 1. The third kappa shape index (κ3) is 4.21. The van der Waals surface area contributed by atoms with Gasteiger partial charge in [-0.25, -0.2) is 4.79 Å². The third-order valence-electron chi connectivity index (χ3n) is 4.09. The monoisotopic (exact) mass is 356 g/mol. The molecule has 0 aliphatic carbocycles. The summed E-state index contributed by atoms with van der Waals surface area (Å²) in [5.74, 6) is 0.794. The molecule has 2 aromatic rings. The minimum Gasteiger partial charge on any atom is -0.493 e. The lowest BCUT2D eigenvalue weighted by atomic mass is 10.0. The molecule has 0 fully saturated rings. The number of rotatable bonds is 6. The lowest BCUT2D eigenvalue weighted by Gasteiger charge is -2.26. The van der Waals surface area contributed by atoms with Crippen LogP contribution < -0.4 is 20.7 Å². The summed E-state index contributed by atoms with van der Waals surface area (Å²) in [6.45, 7) is 1.27. The van der Waals surface area contributed by atoms with Gasteiger partial charge in [-0.05, 0) is 12.1 Å². The molecule has 2 aromatic carbocycles. The van der Waals surface area contributed by atoms with Gasteiger partial charge in [-0.2, -0.15) is 0 Å². The zero-order valence-electron chi connectivity index (χ0n) is 14.1. The zero-order valence-corrected chi connectivity index (χ0v) is 14.1. The number of nitrogens with one attached hydrogen (secondary N) is 3. The van der Waals surface area contributed by atoms with E-state index in [0.717, 1.165) is 11.3 Å². The molecule has 0 aromatic heterocycles. The van der Waals surface area contributed by atoms with Crippen molar-refractivity contribution in [3.8, 4) is 5.75 Å². The average molecular weight is 356 g/mol. The Morgan fingerprint density at radius 2 is 1.92 bits per heavy atom. The molecule has 8 nitrogen and oxygen atoms in total. The number of hydrogen-bond acceptors (Lipinski definition) is 5. The molecule has 136 valence electrons. The number of benzene rings is 2. The first kappa shape index (κ1) is 17.5. The standard InChI is InChI=1S/C18H20N4O4/c23-18(21-14-9-12-26-17-8-4-1-5-13(14)17)20-11-10-19-15-6-2-3-7-16(15)22(24)25/h1-8,14,19H,9-12H2,(H2,20,21,23)/t14-/m0/s1. The van der Waals surface area contributed by atoms with E-state index in [1.165, 1.54) is 6.07 Å². The minimum absolute atomic E-state index is 0.00997. The van der Waals surface area contributed by atoms with Crippen LogP contribution in [0, 0.1) is 10.1 Å². The topological polar surface area (TPSA) is 106 Å². The normalized spacial score (nSPS) is 15.3. The van der Waals surface area contributed by atoms with E-state index in [-0.39, 0.29) is 17.8 Å². The van der Waals surface area contributed by atoms with Crippen LogP contribution in [0.5, 0.6) is 5.75 Å². The average Bonchev–Trinajstić information content (AvgIpc) is 2.66. The van der Waals surface area contributed by atoms with Crippen molar-refractivity contribution in [3.05, 3.63) is 64.2 Å². The van der Waals surface area contributed by atoms with E-state index < -0.39 is 4.92 Å². The van der Waals surface area contributed by atoms with E-state index in [1.807, 2.05) is 24.3 Å². The number of carbonyl (C=O) groups excluding carboxylic acids is 1. The van der Waals surface area contributed by atoms with E-state index in [4.69, 9.17) is 4.74 Å². The Bertz CT molecular complexity index is 796. The Morgan fingerprint density at radius 3 is 2.77 bits per heavy atom. The largest absolute Gasteiger partial charge is 0.493 e. The lowest BCUT2D eigenvalue weighted by Crippen LogP contribution is -2.41. The fourth-order valence-electron chi connectivity index (χ4n) is 2.86. The van der Waals surface area contributed by atoms with Crippen LogP contribution in [-0.4, -0.2) is 30.7 Å². The number of para-hydroxylation sites is 3. The van der Waals surface area contributed by atoms with Crippen molar-refractivity contribution >= 4 is 17.4 Å². The van der Waals surface area contributed by atoms with Gasteiger partial charge in [0.05, 0.1) is 17.6 Å². The number of amides is 2. The summed E-state index contributed by atoms with van der Waals surface area (Å²) in [5.41, 5.74) is 1.40. The smallest absolute Gasteiger partial charge is 0.315 e. The maximum Gasteiger partial charge on any atom is 0.315 e. The van der Waals surface area contributed by atoms with Crippen molar-refractivity contribution in [3.63, 3.8) is 0 Å². The minimum atomic E-state index is -0.439. The predicted molar refractivity (Wildman–Crippen MR) is 97.4 cm³/mol. The number of ether oxygens (including phenoxy) is 1. The molecule has 0 unspecified atom stereocenters. The highest BCUT2D eigenvalue weighted by Crippen LogP contribution is 2.31. The van der Waals surface area contributed by atoms with E-state index in [1.54, 1.807) is 18.2 Å². The highest BCUT2D eigenvalue weighted by atomic mass is 16.6. The van der Waals surface area contributed by atoms with Gasteiger partial charge in [-0.15, -0.1) is 0 Å². The molecule has 3 N–H and O–H groups in total. The molecular formula is C18H20N4O4. The first-order valence-corrected chi connectivity index (χ1v) is 8.38. The lowest BCUT2D eigenvalue weighted by molar-refractivity contribution is -0.384. The van der Waals surface area contributed by atoms with Crippen molar-refractivity contribution in [1.82, 2.24) is 10.6 Å². The van der Waals surface area contributed by atoms with E-state index >= 15 is 0 Å². The number of anilines is 1. The van der Waals surface area contributed by atoms with Crippen LogP contribution in [0.1, 0.15) is 18.0 Å². The van der Waals surface area contributed by atoms with Crippen LogP contribution in [0.3, 0.4) is 0 Å². The maximum atomic E-state index is 12.1. The van der Waals surface area contributed by atoms with Crippen molar-refractivity contribution in [2.24, 2.45) is 0 Å². The second-order valence-electron chi connectivity index (χ2n) is 5.83. The maximum absolute atomic E-state index is 12.1. The summed E-state index contributed by atoms with van der Waals surface area (Å²) in [4.78, 5) is 22.6. The first-order valence-electron chi connectivity index (χ1n) is 8.38.